The maximum atomic E-state index is 11.8. The van der Waals surface area contributed by atoms with E-state index >= 15 is 0 Å². The number of rotatable bonds is 2. The third kappa shape index (κ3) is 1.73. The van der Waals surface area contributed by atoms with Gasteiger partial charge in [-0.1, -0.05) is 18.6 Å². The Morgan fingerprint density at radius 1 is 1.70 bits per heavy atom. The van der Waals surface area contributed by atoms with Crippen molar-refractivity contribution in [2.24, 2.45) is 0 Å². The SMILES string of the molecule is CCC[P@@]1(=O)CC=C(C)C1. The van der Waals surface area contributed by atoms with Gasteiger partial charge in [0.05, 0.1) is 7.14 Å². The fourth-order valence-electron chi connectivity index (χ4n) is 1.48. The van der Waals surface area contributed by atoms with Gasteiger partial charge >= 0.3 is 0 Å². The van der Waals surface area contributed by atoms with Crippen LogP contribution in [-0.4, -0.2) is 18.5 Å². The molecule has 1 aliphatic heterocycles. The summed E-state index contributed by atoms with van der Waals surface area (Å²) < 4.78 is 11.8. The zero-order valence-corrected chi connectivity index (χ0v) is 7.66. The van der Waals surface area contributed by atoms with E-state index in [1.807, 2.05) is 0 Å². The van der Waals surface area contributed by atoms with Crippen LogP contribution in [0.2, 0.25) is 0 Å². The summed E-state index contributed by atoms with van der Waals surface area (Å²) in [4.78, 5) is 0. The summed E-state index contributed by atoms with van der Waals surface area (Å²) in [6, 6.07) is 0. The lowest BCUT2D eigenvalue weighted by atomic mass is 10.3. The Labute approximate surface area is 62.9 Å². The van der Waals surface area contributed by atoms with Crippen molar-refractivity contribution in [1.29, 1.82) is 0 Å². The lowest BCUT2D eigenvalue weighted by molar-refractivity contribution is 0.578. The molecule has 1 atom stereocenters. The average Bonchev–Trinajstić information content (AvgIpc) is 2.12. The zero-order valence-electron chi connectivity index (χ0n) is 6.76. The van der Waals surface area contributed by atoms with Crippen molar-refractivity contribution in [2.75, 3.05) is 18.5 Å². The van der Waals surface area contributed by atoms with Crippen LogP contribution in [-0.2, 0) is 4.57 Å². The minimum Gasteiger partial charge on any atom is -0.323 e. The molecule has 0 aromatic rings. The second-order valence-electron chi connectivity index (χ2n) is 3.17. The predicted molar refractivity (Wildman–Crippen MR) is 46.3 cm³/mol. The van der Waals surface area contributed by atoms with Gasteiger partial charge in [0.2, 0.25) is 0 Å². The Hall–Kier alpha value is -0.0300. The van der Waals surface area contributed by atoms with Gasteiger partial charge in [-0.25, -0.2) is 0 Å². The van der Waals surface area contributed by atoms with Crippen LogP contribution in [0.15, 0.2) is 11.6 Å². The zero-order chi connectivity index (χ0) is 7.61. The third-order valence-electron chi connectivity index (χ3n) is 1.94. The van der Waals surface area contributed by atoms with Crippen LogP contribution in [0.25, 0.3) is 0 Å². The molecule has 0 N–H and O–H groups in total. The molecular formula is C8H15OP. The fourth-order valence-corrected chi connectivity index (χ4v) is 4.45. The molecule has 0 aromatic heterocycles. The molecule has 0 bridgehead atoms. The average molecular weight is 158 g/mol. The highest BCUT2D eigenvalue weighted by atomic mass is 31.2. The summed E-state index contributed by atoms with van der Waals surface area (Å²) in [5, 5.41) is 0. The van der Waals surface area contributed by atoms with E-state index in [-0.39, 0.29) is 0 Å². The first-order valence-electron chi connectivity index (χ1n) is 3.89. The molecule has 1 heterocycles. The van der Waals surface area contributed by atoms with E-state index in [4.69, 9.17) is 0 Å². The normalized spacial score (nSPS) is 32.4. The van der Waals surface area contributed by atoms with Crippen LogP contribution in [0, 0.1) is 0 Å². The van der Waals surface area contributed by atoms with Crippen molar-refractivity contribution in [2.45, 2.75) is 20.3 Å². The molecule has 2 heteroatoms. The van der Waals surface area contributed by atoms with E-state index in [0.29, 0.717) is 0 Å². The Morgan fingerprint density at radius 3 is 2.80 bits per heavy atom. The summed E-state index contributed by atoms with van der Waals surface area (Å²) >= 11 is 0. The Kier molecular flexibility index (Phi) is 2.36. The lowest BCUT2D eigenvalue weighted by Crippen LogP contribution is -1.91. The van der Waals surface area contributed by atoms with E-state index in [1.54, 1.807) is 0 Å². The molecule has 0 aromatic carbocycles. The van der Waals surface area contributed by atoms with Gasteiger partial charge in [0.1, 0.15) is 0 Å². The van der Waals surface area contributed by atoms with Gasteiger partial charge in [-0.15, -0.1) is 0 Å². The number of hydrogen-bond acceptors (Lipinski definition) is 1. The molecule has 1 nitrogen and oxygen atoms in total. The highest BCUT2D eigenvalue weighted by molar-refractivity contribution is 7.64. The molecule has 0 saturated heterocycles. The largest absolute Gasteiger partial charge is 0.323 e. The maximum absolute atomic E-state index is 11.8. The Bertz CT molecular complexity index is 193. The van der Waals surface area contributed by atoms with Gasteiger partial charge in [0, 0.05) is 18.5 Å². The third-order valence-corrected chi connectivity index (χ3v) is 5.13. The molecule has 0 unspecified atom stereocenters. The van der Waals surface area contributed by atoms with Gasteiger partial charge in [-0.2, -0.15) is 0 Å². The monoisotopic (exact) mass is 158 g/mol. The number of allylic oxidation sites excluding steroid dienone is 2. The highest BCUT2D eigenvalue weighted by Gasteiger charge is 2.24. The molecule has 0 saturated carbocycles. The van der Waals surface area contributed by atoms with Crippen LogP contribution < -0.4 is 0 Å². The molecule has 10 heavy (non-hydrogen) atoms. The molecule has 0 radical (unpaired) electrons. The molecular weight excluding hydrogens is 143 g/mol. The Balaban J connectivity index is 2.53. The lowest BCUT2D eigenvalue weighted by Gasteiger charge is -2.08. The van der Waals surface area contributed by atoms with Crippen molar-refractivity contribution in [3.8, 4) is 0 Å². The number of hydrogen-bond donors (Lipinski definition) is 0. The quantitative estimate of drug-likeness (QED) is 0.446. The van der Waals surface area contributed by atoms with Crippen LogP contribution in [0.1, 0.15) is 20.3 Å². The van der Waals surface area contributed by atoms with Gasteiger partial charge in [0.15, 0.2) is 0 Å². The predicted octanol–water partition coefficient (Wildman–Crippen LogP) is 2.72. The minimum atomic E-state index is -1.72. The Morgan fingerprint density at radius 2 is 2.40 bits per heavy atom. The van der Waals surface area contributed by atoms with Gasteiger partial charge in [-0.05, 0) is 13.3 Å². The van der Waals surface area contributed by atoms with Crippen molar-refractivity contribution in [1.82, 2.24) is 0 Å². The molecule has 0 spiro atoms. The fraction of sp³-hybridized carbons (Fsp3) is 0.750. The van der Waals surface area contributed by atoms with Crippen molar-refractivity contribution < 1.29 is 4.57 Å². The molecule has 58 valence electrons. The minimum absolute atomic E-state index is 0.868. The highest BCUT2D eigenvalue weighted by Crippen LogP contribution is 2.51. The van der Waals surface area contributed by atoms with Crippen molar-refractivity contribution in [3.63, 3.8) is 0 Å². The van der Waals surface area contributed by atoms with E-state index in [9.17, 15) is 4.57 Å². The smallest absolute Gasteiger partial charge is 0.0951 e. The van der Waals surface area contributed by atoms with E-state index < -0.39 is 7.14 Å². The molecule has 1 aliphatic rings. The van der Waals surface area contributed by atoms with E-state index in [1.165, 1.54) is 5.57 Å². The molecule has 0 fully saturated rings. The summed E-state index contributed by atoms with van der Waals surface area (Å²) in [6.07, 6.45) is 5.91. The van der Waals surface area contributed by atoms with Crippen molar-refractivity contribution in [3.05, 3.63) is 11.6 Å². The van der Waals surface area contributed by atoms with Crippen LogP contribution in [0.4, 0.5) is 0 Å². The molecule has 0 amide bonds. The van der Waals surface area contributed by atoms with Crippen LogP contribution >= 0.6 is 7.14 Å². The summed E-state index contributed by atoms with van der Waals surface area (Å²) in [5.74, 6) is 0. The first kappa shape index (κ1) is 8.07. The van der Waals surface area contributed by atoms with E-state index in [2.05, 4.69) is 19.9 Å². The summed E-state index contributed by atoms with van der Waals surface area (Å²) in [7, 11) is -1.72. The van der Waals surface area contributed by atoms with Crippen LogP contribution in [0.3, 0.4) is 0 Å². The first-order chi connectivity index (χ1) is 4.66. The topological polar surface area (TPSA) is 17.1 Å². The maximum Gasteiger partial charge on any atom is 0.0951 e. The van der Waals surface area contributed by atoms with Gasteiger partial charge < -0.3 is 4.57 Å². The summed E-state index contributed by atoms with van der Waals surface area (Å²) in [6.45, 7) is 4.18. The standard InChI is InChI=1S/C8H15OP/c1-3-5-10(9)6-4-8(2)7-10/h4H,3,5-7H2,1-2H3/t10-/m1/s1. The van der Waals surface area contributed by atoms with Crippen LogP contribution in [0.5, 0.6) is 0 Å². The van der Waals surface area contributed by atoms with Gasteiger partial charge in [-0.3, -0.25) is 0 Å². The summed E-state index contributed by atoms with van der Waals surface area (Å²) in [5.41, 5.74) is 1.33. The van der Waals surface area contributed by atoms with Gasteiger partial charge in [0.25, 0.3) is 0 Å². The second-order valence-corrected chi connectivity index (χ2v) is 6.42. The van der Waals surface area contributed by atoms with Crippen molar-refractivity contribution >= 4 is 7.14 Å². The molecule has 1 rings (SSSR count). The first-order valence-corrected chi connectivity index (χ1v) is 6.15. The van der Waals surface area contributed by atoms with E-state index in [0.717, 1.165) is 24.9 Å². The molecule has 0 aliphatic carbocycles. The second kappa shape index (κ2) is 2.92.